The zero-order valence-corrected chi connectivity index (χ0v) is 16.4. The number of fused-ring (bicyclic) bond motifs is 2. The monoisotopic (exact) mass is 383 g/mol. The van der Waals surface area contributed by atoms with Gasteiger partial charge in [0.15, 0.2) is 0 Å². The quantitative estimate of drug-likeness (QED) is 0.504. The Hall–Kier alpha value is -3.67. The maximum atomic E-state index is 10.9. The highest BCUT2D eigenvalue weighted by Gasteiger charge is 2.15. The molecule has 144 valence electrons. The lowest BCUT2D eigenvalue weighted by Crippen LogP contribution is -2.04. The van der Waals surface area contributed by atoms with Crippen molar-refractivity contribution in [1.82, 2.24) is 24.1 Å². The smallest absolute Gasteiger partial charge is 0.201 e. The van der Waals surface area contributed by atoms with E-state index in [9.17, 15) is 5.11 Å². The minimum absolute atomic E-state index is 0.224. The van der Waals surface area contributed by atoms with E-state index in [-0.39, 0.29) is 5.88 Å². The molecule has 0 saturated carbocycles. The van der Waals surface area contributed by atoms with Crippen LogP contribution in [0.1, 0.15) is 11.4 Å². The molecule has 0 aliphatic carbocycles. The molecule has 5 rings (SSSR count). The van der Waals surface area contributed by atoms with Crippen molar-refractivity contribution < 1.29 is 5.11 Å². The lowest BCUT2D eigenvalue weighted by molar-refractivity contribution is 0.421. The predicted molar refractivity (Wildman–Crippen MR) is 114 cm³/mol. The summed E-state index contributed by atoms with van der Waals surface area (Å²) in [6.45, 7) is 2.69. The molecule has 0 amide bonds. The van der Waals surface area contributed by atoms with E-state index in [1.54, 1.807) is 18.6 Å². The third-order valence-corrected chi connectivity index (χ3v) is 5.43. The number of pyridine rings is 2. The second-order valence-corrected chi connectivity index (χ2v) is 7.34. The van der Waals surface area contributed by atoms with Crippen LogP contribution < -0.4 is 0 Å². The van der Waals surface area contributed by atoms with Gasteiger partial charge in [-0.25, -0.2) is 4.98 Å². The minimum atomic E-state index is 0.224. The van der Waals surface area contributed by atoms with E-state index < -0.39 is 0 Å². The van der Waals surface area contributed by atoms with E-state index in [0.29, 0.717) is 13.0 Å². The van der Waals surface area contributed by atoms with Crippen molar-refractivity contribution in [2.45, 2.75) is 19.9 Å². The van der Waals surface area contributed by atoms with Gasteiger partial charge in [-0.2, -0.15) is 0 Å². The maximum absolute atomic E-state index is 10.9. The molecule has 4 aromatic heterocycles. The average molecular weight is 383 g/mol. The molecular formula is C23H21N5O. The maximum Gasteiger partial charge on any atom is 0.201 e. The van der Waals surface area contributed by atoms with Crippen LogP contribution in [0.2, 0.25) is 0 Å². The van der Waals surface area contributed by atoms with Crippen molar-refractivity contribution in [3.05, 3.63) is 72.6 Å². The number of nitrogens with zero attached hydrogens (tertiary/aromatic N) is 5. The van der Waals surface area contributed by atoms with Crippen LogP contribution in [-0.4, -0.2) is 29.2 Å². The number of aromatic nitrogens is 5. The first-order chi connectivity index (χ1) is 14.1. The molecule has 29 heavy (non-hydrogen) atoms. The number of imidazole rings is 1. The van der Waals surface area contributed by atoms with Crippen LogP contribution in [0.5, 0.6) is 5.88 Å². The van der Waals surface area contributed by atoms with Crippen LogP contribution in [0.15, 0.2) is 61.2 Å². The number of hydrogen-bond donors (Lipinski definition) is 1. The second-order valence-electron chi connectivity index (χ2n) is 7.34. The first-order valence-electron chi connectivity index (χ1n) is 9.61. The molecule has 0 aliphatic heterocycles. The highest BCUT2D eigenvalue weighted by Crippen LogP contribution is 2.35. The van der Waals surface area contributed by atoms with Crippen LogP contribution >= 0.6 is 0 Å². The molecular weight excluding hydrogens is 362 g/mol. The Morgan fingerprint density at radius 1 is 1.07 bits per heavy atom. The van der Waals surface area contributed by atoms with E-state index in [1.807, 2.05) is 36.0 Å². The van der Waals surface area contributed by atoms with Gasteiger partial charge in [0, 0.05) is 50.4 Å². The van der Waals surface area contributed by atoms with E-state index in [2.05, 4.69) is 39.7 Å². The molecule has 5 aromatic rings. The molecule has 0 saturated heterocycles. The van der Waals surface area contributed by atoms with Crippen LogP contribution in [0.25, 0.3) is 33.1 Å². The summed E-state index contributed by atoms with van der Waals surface area (Å²) in [5, 5.41) is 11.7. The van der Waals surface area contributed by atoms with Crippen molar-refractivity contribution >= 4 is 21.9 Å². The van der Waals surface area contributed by atoms with Gasteiger partial charge >= 0.3 is 0 Å². The molecule has 0 spiro atoms. The number of rotatable bonds is 4. The SMILES string of the molecule is Cc1ccc2c(c1)nc(CCn1cc3nccc(-c4cccnc4)c3c1O)n2C. The Morgan fingerprint density at radius 2 is 1.97 bits per heavy atom. The normalized spacial score (nSPS) is 11.5. The fraction of sp³-hybridized carbons (Fsp3) is 0.174. The van der Waals surface area contributed by atoms with E-state index in [1.165, 1.54) is 5.56 Å². The van der Waals surface area contributed by atoms with Crippen LogP contribution in [0.3, 0.4) is 0 Å². The van der Waals surface area contributed by atoms with E-state index in [4.69, 9.17) is 4.98 Å². The topological polar surface area (TPSA) is 68.8 Å². The Kier molecular flexibility index (Phi) is 4.05. The summed E-state index contributed by atoms with van der Waals surface area (Å²) in [5.74, 6) is 1.21. The van der Waals surface area contributed by atoms with Crippen LogP contribution in [0, 0.1) is 6.92 Å². The molecule has 0 unspecified atom stereocenters. The molecule has 0 fully saturated rings. The van der Waals surface area contributed by atoms with Crippen molar-refractivity contribution in [1.29, 1.82) is 0 Å². The molecule has 0 aliphatic rings. The van der Waals surface area contributed by atoms with Gasteiger partial charge < -0.3 is 14.2 Å². The second kappa shape index (κ2) is 6.74. The Bertz CT molecular complexity index is 1330. The first-order valence-corrected chi connectivity index (χ1v) is 9.61. The summed E-state index contributed by atoms with van der Waals surface area (Å²) in [7, 11) is 2.04. The summed E-state index contributed by atoms with van der Waals surface area (Å²) in [5.41, 5.74) is 5.98. The average Bonchev–Trinajstić information content (AvgIpc) is 3.23. The van der Waals surface area contributed by atoms with Gasteiger partial charge in [0.05, 0.1) is 21.9 Å². The fourth-order valence-electron chi connectivity index (χ4n) is 3.90. The molecule has 0 bridgehead atoms. The van der Waals surface area contributed by atoms with Gasteiger partial charge in [-0.05, 0) is 42.3 Å². The predicted octanol–water partition coefficient (Wildman–Crippen LogP) is 4.24. The molecule has 4 heterocycles. The first kappa shape index (κ1) is 17.4. The summed E-state index contributed by atoms with van der Waals surface area (Å²) in [6.07, 6.45) is 7.92. The zero-order chi connectivity index (χ0) is 20.0. The number of aromatic hydroxyl groups is 1. The summed E-state index contributed by atoms with van der Waals surface area (Å²) < 4.78 is 3.97. The molecule has 6 nitrogen and oxygen atoms in total. The Morgan fingerprint density at radius 3 is 2.79 bits per heavy atom. The van der Waals surface area contributed by atoms with Gasteiger partial charge in [-0.3, -0.25) is 9.97 Å². The van der Waals surface area contributed by atoms with Gasteiger partial charge in [-0.1, -0.05) is 12.1 Å². The lowest BCUT2D eigenvalue weighted by Gasteiger charge is -2.06. The number of aryl methyl sites for hydroxylation is 4. The minimum Gasteiger partial charge on any atom is -0.494 e. The molecule has 1 aromatic carbocycles. The Labute approximate surface area is 168 Å². The molecule has 6 heteroatoms. The largest absolute Gasteiger partial charge is 0.494 e. The molecule has 0 radical (unpaired) electrons. The molecule has 1 N–H and O–H groups in total. The van der Waals surface area contributed by atoms with E-state index in [0.717, 1.165) is 38.9 Å². The summed E-state index contributed by atoms with van der Waals surface area (Å²) >= 11 is 0. The standard InChI is InChI=1S/C23H21N5O/c1-15-5-6-20-18(12-15)26-21(27(20)2)8-11-28-14-19-22(23(28)29)17(7-10-25-19)16-4-3-9-24-13-16/h3-7,9-10,12-14,29H,8,11H2,1-2H3. The van der Waals surface area contributed by atoms with Gasteiger partial charge in [0.2, 0.25) is 5.88 Å². The van der Waals surface area contributed by atoms with Crippen LogP contribution in [0.4, 0.5) is 0 Å². The van der Waals surface area contributed by atoms with E-state index >= 15 is 0 Å². The summed E-state index contributed by atoms with van der Waals surface area (Å²) in [6, 6.07) is 12.1. The number of benzene rings is 1. The molecule has 0 atom stereocenters. The number of hydrogen-bond acceptors (Lipinski definition) is 4. The fourth-order valence-corrected chi connectivity index (χ4v) is 3.90. The lowest BCUT2D eigenvalue weighted by atomic mass is 10.1. The highest BCUT2D eigenvalue weighted by atomic mass is 16.3. The summed E-state index contributed by atoms with van der Waals surface area (Å²) in [4.78, 5) is 13.4. The van der Waals surface area contributed by atoms with Crippen molar-refractivity contribution in [2.75, 3.05) is 0 Å². The van der Waals surface area contributed by atoms with Crippen LogP contribution in [-0.2, 0) is 20.0 Å². The third-order valence-electron chi connectivity index (χ3n) is 5.43. The van der Waals surface area contributed by atoms with Gasteiger partial charge in [-0.15, -0.1) is 0 Å². The van der Waals surface area contributed by atoms with Gasteiger partial charge in [0.25, 0.3) is 0 Å². The third kappa shape index (κ3) is 2.93. The highest BCUT2D eigenvalue weighted by molar-refractivity contribution is 5.98. The van der Waals surface area contributed by atoms with Gasteiger partial charge in [0.1, 0.15) is 5.82 Å². The Balaban J connectivity index is 1.50. The van der Waals surface area contributed by atoms with Crippen molar-refractivity contribution in [3.63, 3.8) is 0 Å². The zero-order valence-electron chi connectivity index (χ0n) is 16.4. The van der Waals surface area contributed by atoms with Crippen molar-refractivity contribution in [2.24, 2.45) is 7.05 Å². The van der Waals surface area contributed by atoms with Crippen molar-refractivity contribution in [3.8, 4) is 17.0 Å².